The van der Waals surface area contributed by atoms with Crippen LogP contribution < -0.4 is 5.32 Å². The summed E-state index contributed by atoms with van der Waals surface area (Å²) in [6, 6.07) is 8.73. The summed E-state index contributed by atoms with van der Waals surface area (Å²) in [7, 11) is 2.00. The Morgan fingerprint density at radius 3 is 2.79 bits per heavy atom. The second-order valence-electron chi connectivity index (χ2n) is 3.81. The van der Waals surface area contributed by atoms with Gasteiger partial charge in [-0.15, -0.1) is 11.8 Å². The van der Waals surface area contributed by atoms with Gasteiger partial charge in [-0.25, -0.2) is 0 Å². The normalized spacial score (nSPS) is 16.6. The van der Waals surface area contributed by atoms with E-state index in [1.54, 1.807) is 0 Å². The zero-order valence-electron chi connectivity index (χ0n) is 8.62. The molecule has 0 heterocycles. The molecule has 2 heteroatoms. The van der Waals surface area contributed by atoms with E-state index in [1.165, 1.54) is 29.7 Å². The highest BCUT2D eigenvalue weighted by Crippen LogP contribution is 2.37. The first kappa shape index (κ1) is 10.1. The van der Waals surface area contributed by atoms with E-state index in [1.807, 2.05) is 7.05 Å². The van der Waals surface area contributed by atoms with Crippen LogP contribution in [0.5, 0.6) is 0 Å². The quantitative estimate of drug-likeness (QED) is 0.814. The molecule has 0 atom stereocenters. The lowest BCUT2D eigenvalue weighted by atomic mass is 10.00. The molecule has 1 nitrogen and oxygen atoms in total. The first-order valence-electron chi connectivity index (χ1n) is 5.29. The lowest BCUT2D eigenvalue weighted by Crippen LogP contribution is -2.14. The Labute approximate surface area is 90.3 Å². The summed E-state index contributed by atoms with van der Waals surface area (Å²) in [5.74, 6) is 0. The van der Waals surface area contributed by atoms with Gasteiger partial charge in [0.15, 0.2) is 0 Å². The summed E-state index contributed by atoms with van der Waals surface area (Å²) >= 11 is 2.06. The SMILES string of the molecule is CNCc1ccccc1SC1CCC1. The van der Waals surface area contributed by atoms with Crippen molar-refractivity contribution in [1.82, 2.24) is 5.32 Å². The van der Waals surface area contributed by atoms with E-state index >= 15 is 0 Å². The molecule has 1 saturated carbocycles. The molecule has 1 N–H and O–H groups in total. The molecular weight excluding hydrogens is 190 g/mol. The van der Waals surface area contributed by atoms with Crippen LogP contribution in [0.1, 0.15) is 24.8 Å². The fraction of sp³-hybridized carbons (Fsp3) is 0.500. The average Bonchev–Trinajstić information content (AvgIpc) is 2.14. The summed E-state index contributed by atoms with van der Waals surface area (Å²) in [5.41, 5.74) is 1.44. The number of rotatable bonds is 4. The molecule has 0 amide bonds. The minimum absolute atomic E-state index is 0.882. The van der Waals surface area contributed by atoms with Crippen LogP contribution in [-0.4, -0.2) is 12.3 Å². The Kier molecular flexibility index (Phi) is 3.49. The fourth-order valence-corrected chi connectivity index (χ4v) is 3.00. The Bertz CT molecular complexity index is 294. The van der Waals surface area contributed by atoms with Crippen molar-refractivity contribution in [3.8, 4) is 0 Å². The van der Waals surface area contributed by atoms with Crippen molar-refractivity contribution in [2.45, 2.75) is 36.0 Å². The van der Waals surface area contributed by atoms with Gasteiger partial charge in [0.25, 0.3) is 0 Å². The molecule has 1 aromatic rings. The third-order valence-corrected chi connectivity index (χ3v) is 4.14. The molecule has 0 spiro atoms. The summed E-state index contributed by atoms with van der Waals surface area (Å²) in [6.45, 7) is 0.982. The van der Waals surface area contributed by atoms with Crippen LogP contribution in [0.3, 0.4) is 0 Å². The Hall–Kier alpha value is -0.470. The second kappa shape index (κ2) is 4.85. The Morgan fingerprint density at radius 2 is 2.14 bits per heavy atom. The zero-order chi connectivity index (χ0) is 9.80. The fourth-order valence-electron chi connectivity index (χ4n) is 1.62. The van der Waals surface area contributed by atoms with E-state index < -0.39 is 0 Å². The first-order valence-corrected chi connectivity index (χ1v) is 6.17. The molecule has 1 aliphatic rings. The second-order valence-corrected chi connectivity index (χ2v) is 5.15. The van der Waals surface area contributed by atoms with Gasteiger partial charge < -0.3 is 5.32 Å². The van der Waals surface area contributed by atoms with E-state index in [9.17, 15) is 0 Å². The van der Waals surface area contributed by atoms with E-state index in [-0.39, 0.29) is 0 Å². The van der Waals surface area contributed by atoms with E-state index in [2.05, 4.69) is 41.3 Å². The van der Waals surface area contributed by atoms with Crippen LogP contribution in [0, 0.1) is 0 Å². The molecule has 0 radical (unpaired) electrons. The number of thioether (sulfide) groups is 1. The maximum atomic E-state index is 3.22. The maximum Gasteiger partial charge on any atom is 0.0213 e. The number of benzene rings is 1. The van der Waals surface area contributed by atoms with Gasteiger partial charge >= 0.3 is 0 Å². The van der Waals surface area contributed by atoms with Crippen molar-refractivity contribution in [3.63, 3.8) is 0 Å². The van der Waals surface area contributed by atoms with Crippen molar-refractivity contribution in [3.05, 3.63) is 29.8 Å². The van der Waals surface area contributed by atoms with Crippen molar-refractivity contribution < 1.29 is 0 Å². The van der Waals surface area contributed by atoms with Gasteiger partial charge in [0, 0.05) is 16.7 Å². The van der Waals surface area contributed by atoms with E-state index in [0.29, 0.717) is 0 Å². The molecule has 1 aromatic carbocycles. The molecule has 14 heavy (non-hydrogen) atoms. The summed E-state index contributed by atoms with van der Waals surface area (Å²) in [4.78, 5) is 1.46. The zero-order valence-corrected chi connectivity index (χ0v) is 9.44. The van der Waals surface area contributed by atoms with Gasteiger partial charge in [-0.1, -0.05) is 24.6 Å². The summed E-state index contributed by atoms with van der Waals surface area (Å²) in [5, 5.41) is 4.10. The molecule has 0 bridgehead atoms. The van der Waals surface area contributed by atoms with Crippen molar-refractivity contribution >= 4 is 11.8 Å². The van der Waals surface area contributed by atoms with E-state index in [0.717, 1.165) is 11.8 Å². The summed E-state index contributed by atoms with van der Waals surface area (Å²) in [6.07, 6.45) is 4.23. The Balaban J connectivity index is 2.05. The third-order valence-electron chi connectivity index (χ3n) is 2.69. The topological polar surface area (TPSA) is 12.0 Å². The van der Waals surface area contributed by atoms with Crippen molar-refractivity contribution in [2.75, 3.05) is 7.05 Å². The van der Waals surface area contributed by atoms with Crippen LogP contribution in [0.4, 0.5) is 0 Å². The van der Waals surface area contributed by atoms with Gasteiger partial charge in [-0.2, -0.15) is 0 Å². The van der Waals surface area contributed by atoms with Crippen LogP contribution in [0.15, 0.2) is 29.2 Å². The monoisotopic (exact) mass is 207 g/mol. The van der Waals surface area contributed by atoms with Crippen molar-refractivity contribution in [1.29, 1.82) is 0 Å². The molecule has 2 rings (SSSR count). The van der Waals surface area contributed by atoms with Gasteiger partial charge in [0.05, 0.1) is 0 Å². The molecule has 1 aliphatic carbocycles. The largest absolute Gasteiger partial charge is 0.316 e. The summed E-state index contributed by atoms with van der Waals surface area (Å²) < 4.78 is 0. The minimum atomic E-state index is 0.882. The highest BCUT2D eigenvalue weighted by atomic mass is 32.2. The standard InChI is InChI=1S/C12H17NS/c1-13-9-10-5-2-3-8-12(10)14-11-6-4-7-11/h2-3,5,8,11,13H,4,6-7,9H2,1H3. The van der Waals surface area contributed by atoms with Crippen LogP contribution in [-0.2, 0) is 6.54 Å². The van der Waals surface area contributed by atoms with Gasteiger partial charge in [0.2, 0.25) is 0 Å². The molecule has 0 saturated heterocycles. The minimum Gasteiger partial charge on any atom is -0.316 e. The van der Waals surface area contributed by atoms with E-state index in [4.69, 9.17) is 0 Å². The first-order chi connectivity index (χ1) is 6.90. The highest BCUT2D eigenvalue weighted by molar-refractivity contribution is 8.00. The van der Waals surface area contributed by atoms with Gasteiger partial charge in [0.1, 0.15) is 0 Å². The molecule has 0 unspecified atom stereocenters. The number of nitrogens with one attached hydrogen (secondary N) is 1. The number of hydrogen-bond donors (Lipinski definition) is 1. The van der Waals surface area contributed by atoms with Crippen molar-refractivity contribution in [2.24, 2.45) is 0 Å². The average molecular weight is 207 g/mol. The van der Waals surface area contributed by atoms with Crippen LogP contribution in [0.2, 0.25) is 0 Å². The third kappa shape index (κ3) is 2.31. The van der Waals surface area contributed by atoms with Gasteiger partial charge in [-0.3, -0.25) is 0 Å². The molecule has 76 valence electrons. The lowest BCUT2D eigenvalue weighted by Gasteiger charge is -2.25. The van der Waals surface area contributed by atoms with Crippen LogP contribution in [0.25, 0.3) is 0 Å². The predicted octanol–water partition coefficient (Wildman–Crippen LogP) is 3.05. The smallest absolute Gasteiger partial charge is 0.0213 e. The molecule has 0 aliphatic heterocycles. The van der Waals surface area contributed by atoms with Gasteiger partial charge in [-0.05, 0) is 31.5 Å². The van der Waals surface area contributed by atoms with Crippen LogP contribution >= 0.6 is 11.8 Å². The molecule has 1 fully saturated rings. The lowest BCUT2D eigenvalue weighted by molar-refractivity contribution is 0.522. The molecule has 0 aromatic heterocycles. The predicted molar refractivity (Wildman–Crippen MR) is 62.7 cm³/mol. The molecular formula is C12H17NS. The Morgan fingerprint density at radius 1 is 1.36 bits per heavy atom. The highest BCUT2D eigenvalue weighted by Gasteiger charge is 2.19. The number of hydrogen-bond acceptors (Lipinski definition) is 2. The maximum absolute atomic E-state index is 3.22.